The molecule has 0 spiro atoms. The average Bonchev–Trinajstić information content (AvgIpc) is 2.59. The normalized spacial score (nSPS) is 13.6. The number of aliphatic hydroxyl groups excluding tert-OH is 1. The van der Waals surface area contributed by atoms with Crippen molar-refractivity contribution < 1.29 is 5.11 Å². The van der Waals surface area contributed by atoms with Crippen LogP contribution in [-0.2, 0) is 0 Å². The van der Waals surface area contributed by atoms with Crippen molar-refractivity contribution in [2.24, 2.45) is 5.92 Å². The number of pyridine rings is 1. The van der Waals surface area contributed by atoms with Gasteiger partial charge in [-0.15, -0.1) is 0 Å². The summed E-state index contributed by atoms with van der Waals surface area (Å²) in [6, 6.07) is 3.93. The summed E-state index contributed by atoms with van der Waals surface area (Å²) in [6.45, 7) is 4.21. The van der Waals surface area contributed by atoms with Gasteiger partial charge < -0.3 is 10.1 Å². The summed E-state index contributed by atoms with van der Waals surface area (Å²) < 4.78 is 0. The predicted octanol–water partition coefficient (Wildman–Crippen LogP) is 2.64. The molecular formula is C12H16N2O. The van der Waals surface area contributed by atoms with E-state index in [0.717, 1.165) is 23.0 Å². The van der Waals surface area contributed by atoms with E-state index in [9.17, 15) is 5.11 Å². The topological polar surface area (TPSA) is 48.9 Å². The predicted molar refractivity (Wildman–Crippen MR) is 60.5 cm³/mol. The Morgan fingerprint density at radius 3 is 2.93 bits per heavy atom. The van der Waals surface area contributed by atoms with Crippen molar-refractivity contribution in [3.8, 4) is 0 Å². The molecule has 2 N–H and O–H groups in total. The first-order valence-electron chi connectivity index (χ1n) is 5.27. The van der Waals surface area contributed by atoms with Gasteiger partial charge in [0.15, 0.2) is 0 Å². The lowest BCUT2D eigenvalue weighted by molar-refractivity contribution is 0.147. The van der Waals surface area contributed by atoms with Crippen LogP contribution in [0.25, 0.3) is 10.9 Å². The number of fused-ring (bicyclic) bond motifs is 1. The summed E-state index contributed by atoms with van der Waals surface area (Å²) in [6.07, 6.45) is 3.91. The molecule has 2 aromatic heterocycles. The second-order valence-electron chi connectivity index (χ2n) is 4.33. The van der Waals surface area contributed by atoms with Crippen LogP contribution in [0.15, 0.2) is 24.5 Å². The van der Waals surface area contributed by atoms with Gasteiger partial charge in [0, 0.05) is 17.3 Å². The number of nitrogens with zero attached hydrogens (tertiary/aromatic N) is 1. The molecular weight excluding hydrogens is 188 g/mol. The van der Waals surface area contributed by atoms with Crippen LogP contribution in [0.3, 0.4) is 0 Å². The van der Waals surface area contributed by atoms with E-state index in [1.165, 1.54) is 0 Å². The summed E-state index contributed by atoms with van der Waals surface area (Å²) in [4.78, 5) is 7.22. The molecule has 3 heteroatoms. The van der Waals surface area contributed by atoms with E-state index in [0.29, 0.717) is 5.92 Å². The fourth-order valence-corrected chi connectivity index (χ4v) is 1.75. The summed E-state index contributed by atoms with van der Waals surface area (Å²) in [7, 11) is 0. The molecule has 3 nitrogen and oxygen atoms in total. The minimum Gasteiger partial charge on any atom is -0.387 e. The molecule has 0 aliphatic carbocycles. The van der Waals surface area contributed by atoms with Crippen LogP contribution < -0.4 is 0 Å². The second kappa shape index (κ2) is 4.03. The summed E-state index contributed by atoms with van der Waals surface area (Å²) in [5.41, 5.74) is 1.86. The van der Waals surface area contributed by atoms with Gasteiger partial charge in [-0.1, -0.05) is 13.8 Å². The Balaban J connectivity index is 2.28. The quantitative estimate of drug-likeness (QED) is 0.807. The Morgan fingerprint density at radius 1 is 1.47 bits per heavy atom. The molecule has 0 aromatic carbocycles. The largest absolute Gasteiger partial charge is 0.387 e. The molecule has 2 heterocycles. The summed E-state index contributed by atoms with van der Waals surface area (Å²) in [5.74, 6) is 0.490. The zero-order valence-electron chi connectivity index (χ0n) is 9.07. The van der Waals surface area contributed by atoms with Crippen molar-refractivity contribution in [2.75, 3.05) is 0 Å². The number of hydrogen-bond donors (Lipinski definition) is 2. The minimum absolute atomic E-state index is 0.405. The van der Waals surface area contributed by atoms with Gasteiger partial charge >= 0.3 is 0 Å². The van der Waals surface area contributed by atoms with Gasteiger partial charge in [0.25, 0.3) is 0 Å². The molecule has 80 valence electrons. The maximum atomic E-state index is 9.94. The minimum atomic E-state index is -0.405. The summed E-state index contributed by atoms with van der Waals surface area (Å²) in [5, 5.41) is 11.0. The lowest BCUT2D eigenvalue weighted by atomic mass is 10.0. The molecule has 0 radical (unpaired) electrons. The maximum absolute atomic E-state index is 9.94. The molecule has 0 bridgehead atoms. The fourth-order valence-electron chi connectivity index (χ4n) is 1.75. The number of aliphatic hydroxyl groups is 1. The van der Waals surface area contributed by atoms with E-state index in [2.05, 4.69) is 23.8 Å². The molecule has 0 aliphatic rings. The Bertz CT molecular complexity index is 415. The van der Waals surface area contributed by atoms with Crippen LogP contribution in [0.4, 0.5) is 0 Å². The van der Waals surface area contributed by atoms with Crippen molar-refractivity contribution >= 4 is 10.9 Å². The van der Waals surface area contributed by atoms with Gasteiger partial charge in [-0.05, 0) is 24.5 Å². The highest BCUT2D eigenvalue weighted by atomic mass is 16.3. The number of aromatic amines is 1. The highest BCUT2D eigenvalue weighted by Gasteiger charge is 2.12. The van der Waals surface area contributed by atoms with Crippen LogP contribution in [-0.4, -0.2) is 15.1 Å². The van der Waals surface area contributed by atoms with Crippen LogP contribution in [0, 0.1) is 5.92 Å². The highest BCUT2D eigenvalue weighted by molar-refractivity contribution is 5.79. The first-order valence-corrected chi connectivity index (χ1v) is 5.27. The number of aromatic nitrogens is 2. The number of nitrogens with one attached hydrogen (secondary N) is 1. The van der Waals surface area contributed by atoms with E-state index in [-0.39, 0.29) is 0 Å². The van der Waals surface area contributed by atoms with Crippen molar-refractivity contribution in [1.82, 2.24) is 9.97 Å². The standard InChI is InChI=1S/C12H16N2O/c1-8(2)5-12(15)10-6-9-3-4-13-7-11(9)14-10/h3-4,6-8,12,14-15H,5H2,1-2H3/t12-/m1/s1. The molecule has 0 amide bonds. The van der Waals surface area contributed by atoms with Gasteiger partial charge in [0.2, 0.25) is 0 Å². The Hall–Kier alpha value is -1.35. The molecule has 2 aromatic rings. The van der Waals surface area contributed by atoms with Crippen LogP contribution in [0.5, 0.6) is 0 Å². The van der Waals surface area contributed by atoms with Crippen LogP contribution in [0.1, 0.15) is 32.1 Å². The second-order valence-corrected chi connectivity index (χ2v) is 4.33. The van der Waals surface area contributed by atoms with E-state index in [4.69, 9.17) is 0 Å². The molecule has 0 fully saturated rings. The molecule has 0 saturated carbocycles. The monoisotopic (exact) mass is 204 g/mol. The third-order valence-electron chi connectivity index (χ3n) is 2.50. The number of hydrogen-bond acceptors (Lipinski definition) is 2. The number of H-pyrrole nitrogens is 1. The van der Waals surface area contributed by atoms with E-state index in [1.54, 1.807) is 12.4 Å². The Labute approximate surface area is 89.2 Å². The number of rotatable bonds is 3. The zero-order valence-corrected chi connectivity index (χ0v) is 9.07. The van der Waals surface area contributed by atoms with Crippen LogP contribution in [0.2, 0.25) is 0 Å². The van der Waals surface area contributed by atoms with Crippen LogP contribution >= 0.6 is 0 Å². The molecule has 15 heavy (non-hydrogen) atoms. The summed E-state index contributed by atoms with van der Waals surface area (Å²) >= 11 is 0. The maximum Gasteiger partial charge on any atom is 0.0940 e. The molecule has 0 unspecified atom stereocenters. The third kappa shape index (κ3) is 2.18. The van der Waals surface area contributed by atoms with E-state index in [1.807, 2.05) is 12.1 Å². The van der Waals surface area contributed by atoms with Gasteiger partial charge in [-0.2, -0.15) is 0 Å². The smallest absolute Gasteiger partial charge is 0.0940 e. The van der Waals surface area contributed by atoms with E-state index < -0.39 is 6.10 Å². The molecule has 0 saturated heterocycles. The van der Waals surface area contributed by atoms with Crippen molar-refractivity contribution in [1.29, 1.82) is 0 Å². The third-order valence-corrected chi connectivity index (χ3v) is 2.50. The van der Waals surface area contributed by atoms with Gasteiger partial charge in [0.1, 0.15) is 0 Å². The first kappa shape index (κ1) is 10.2. The van der Waals surface area contributed by atoms with Crippen molar-refractivity contribution in [2.45, 2.75) is 26.4 Å². The Morgan fingerprint density at radius 2 is 2.27 bits per heavy atom. The Kier molecular flexibility index (Phi) is 2.73. The zero-order chi connectivity index (χ0) is 10.8. The van der Waals surface area contributed by atoms with Crippen molar-refractivity contribution in [3.63, 3.8) is 0 Å². The SMILES string of the molecule is CC(C)C[C@@H](O)c1cc2ccncc2[nH]1. The lowest BCUT2D eigenvalue weighted by Crippen LogP contribution is -2.01. The fraction of sp³-hybridized carbons (Fsp3) is 0.417. The highest BCUT2D eigenvalue weighted by Crippen LogP contribution is 2.23. The molecule has 0 aliphatic heterocycles. The van der Waals surface area contributed by atoms with E-state index >= 15 is 0 Å². The van der Waals surface area contributed by atoms with Gasteiger partial charge in [0.05, 0.1) is 17.8 Å². The molecule has 1 atom stereocenters. The van der Waals surface area contributed by atoms with Crippen molar-refractivity contribution in [3.05, 3.63) is 30.2 Å². The molecule has 2 rings (SSSR count). The first-order chi connectivity index (χ1) is 7.16. The lowest BCUT2D eigenvalue weighted by Gasteiger charge is -2.10. The van der Waals surface area contributed by atoms with Gasteiger partial charge in [-0.3, -0.25) is 4.98 Å². The average molecular weight is 204 g/mol. The van der Waals surface area contributed by atoms with Gasteiger partial charge in [-0.25, -0.2) is 0 Å².